The predicted octanol–water partition coefficient (Wildman–Crippen LogP) is 11.7. The minimum atomic E-state index is 0.260. The standard InChI is InChI=1S/C22H28N6O.C21H26N6O.C21H25N5O2.C20H23N5O2.C20H23N5O/c1-16-4-5-18-12-19(16)20-13-23-28-7-6-21(24-22(20)28)26(3)9-11-27-10-8-25(2)14-17(27)15-29-18;1-15-3-4-17-11-18(15)19-12-23-27-7-5-20(24-21(19)27)22-6-8-26-10-9-25(2)13-16(26)14-28-17;1-15-3-4-17-11-18(15)19-12-22-26-6-5-20(23-21(19)26)24(2)7-8-25-9-10-27-13-16(25)14-28-17;1-14-2-3-16-10-17(14)18-11-22-25-6-4-19(23-20(18)25)21-5-7-24-8-9-26-12-15(24)13-27-16;1-14-4-5-15-11-17(14)18-13-22-25-8-6-19(23-20(18)25)26-10-9-24-7-2-3-16(24)12-21-15/h4-7,12-13,17H,8-11,14-15H2,1-3H3;3-5,7,11-12,16H,6,8-10,13-14H2,1-2H3,(H,22,24);3-6,11-12,16H,7-10,13-14H2,1-2H3;2-4,6,10-11,15H,5,7-9,12-13H2,1H3,(H,21,23);4-6,8,11,13,16,21H,2-3,7,9-10,12H2,1H3/t17-;2*16-;15-;16-/m00000/s1. The molecule has 10 aliphatic heterocycles. The second kappa shape index (κ2) is 40.9. The summed E-state index contributed by atoms with van der Waals surface area (Å²) >= 11 is 0. The monoisotopic (exact) mass is 1860 g/mol. The van der Waals surface area contributed by atoms with Gasteiger partial charge in [-0.3, -0.25) is 24.5 Å². The van der Waals surface area contributed by atoms with Crippen molar-refractivity contribution >= 4 is 57.2 Å². The third kappa shape index (κ3) is 20.1. The molecular formula is C104H125N27O7. The lowest BCUT2D eigenvalue weighted by molar-refractivity contribution is -0.0219. The number of aromatic nitrogens is 15. The zero-order valence-electron chi connectivity index (χ0n) is 80.5. The maximum atomic E-state index is 6.29. The quantitative estimate of drug-likeness (QED) is 0.127. The molecule has 0 saturated carbocycles. The van der Waals surface area contributed by atoms with Crippen LogP contribution in [0.2, 0.25) is 0 Å². The van der Waals surface area contributed by atoms with Crippen LogP contribution in [0.25, 0.3) is 83.9 Å². The number of likely N-dealkylation sites (N-methyl/N-ethyl adjacent to an activating group) is 4. The van der Waals surface area contributed by atoms with Gasteiger partial charge in [-0.15, -0.1) is 0 Å². The van der Waals surface area contributed by atoms with E-state index in [9.17, 15) is 0 Å². The molecule has 10 aliphatic rings. The molecule has 0 aliphatic carbocycles. The van der Waals surface area contributed by atoms with Crippen molar-refractivity contribution in [1.82, 2.24) is 107 Å². The van der Waals surface area contributed by atoms with E-state index in [1.165, 1.54) is 40.7 Å². The van der Waals surface area contributed by atoms with E-state index in [-0.39, 0.29) is 12.1 Å². The minimum absolute atomic E-state index is 0.260. The Balaban J connectivity index is 0.000000103. The number of morpholine rings is 2. The molecule has 5 aromatic carbocycles. The van der Waals surface area contributed by atoms with Crippen LogP contribution in [0.1, 0.15) is 40.7 Å². The van der Waals surface area contributed by atoms with Gasteiger partial charge in [0.2, 0.25) is 5.88 Å². The van der Waals surface area contributed by atoms with Crippen LogP contribution in [-0.2, 0) is 9.47 Å². The first-order valence-corrected chi connectivity index (χ1v) is 48.8. The number of hydrogen-bond donors (Lipinski definition) is 3. The molecule has 5 fully saturated rings. The number of piperazine rings is 2. The van der Waals surface area contributed by atoms with Crippen molar-refractivity contribution in [3.05, 3.63) is 211 Å². The minimum Gasteiger partial charge on any atom is -0.492 e. The number of rotatable bonds is 0. The summed E-state index contributed by atoms with van der Waals surface area (Å²) < 4.78 is 51.4. The average molecular weight is 1870 g/mol. The highest BCUT2D eigenvalue weighted by Gasteiger charge is 2.33. The van der Waals surface area contributed by atoms with Crippen molar-refractivity contribution in [2.75, 3.05) is 238 Å². The fraction of sp³-hybridized carbons (Fsp3) is 0.423. The summed E-state index contributed by atoms with van der Waals surface area (Å²) in [6.45, 7) is 35.5. The fourth-order valence-electron chi connectivity index (χ4n) is 20.3. The SMILES string of the molecule is Cc1ccc2cc1-c1cnn3ccc(nc13)N(C)CCN1CCN(C)C[C@H]1CO2.Cc1ccc2cc1-c1cnn3ccc(nc13)N(C)CCN1CCOC[C@H]1CO2.Cc1ccc2cc1-c1cnn3ccc(nc13)NCCN1CCN(C)C[C@H]1CO2.Cc1ccc2cc1-c1cnn3ccc(nc13)NCCN1CCOC[C@H]1CO2.Cc1ccc2cc1-c1cnn3ccc(nc13)OCCN1CCC[C@H]1CN2. The first-order valence-electron chi connectivity index (χ1n) is 48.8. The zero-order chi connectivity index (χ0) is 93.9. The maximum absolute atomic E-state index is 6.29. The van der Waals surface area contributed by atoms with Crippen LogP contribution in [0.5, 0.6) is 28.9 Å². The van der Waals surface area contributed by atoms with Crippen LogP contribution in [0.4, 0.5) is 29.0 Å². The molecule has 20 heterocycles. The van der Waals surface area contributed by atoms with Crippen molar-refractivity contribution in [2.24, 2.45) is 0 Å². The van der Waals surface area contributed by atoms with Gasteiger partial charge in [-0.2, -0.15) is 30.5 Å². The topological polar surface area (TPSA) is 281 Å². The van der Waals surface area contributed by atoms with E-state index in [0.29, 0.717) is 70.3 Å². The normalized spacial score (nSPS) is 20.7. The van der Waals surface area contributed by atoms with Gasteiger partial charge in [-0.1, -0.05) is 30.3 Å². The third-order valence-corrected chi connectivity index (χ3v) is 28.7. The number of aryl methyl sites for hydroxylation is 5. The number of nitrogens with zero attached hydrogens (tertiary/aromatic N) is 24. The first kappa shape index (κ1) is 91.3. The molecule has 10 aromatic heterocycles. The molecule has 138 heavy (non-hydrogen) atoms. The lowest BCUT2D eigenvalue weighted by Crippen LogP contribution is -2.55. The summed E-state index contributed by atoms with van der Waals surface area (Å²) in [5, 5.41) is 33.0. The van der Waals surface area contributed by atoms with Gasteiger partial charge in [0, 0.05) is 208 Å². The molecule has 3 N–H and O–H groups in total. The number of ether oxygens (including phenoxy) is 7. The molecule has 0 radical (unpaired) electrons. The summed E-state index contributed by atoms with van der Waals surface area (Å²) in [5.41, 5.74) is 22.1. The number of anilines is 5. The van der Waals surface area contributed by atoms with Gasteiger partial charge in [0.05, 0.1) is 81.6 Å². The Kier molecular flexibility index (Phi) is 27.0. The lowest BCUT2D eigenvalue weighted by Gasteiger charge is -2.40. The van der Waals surface area contributed by atoms with Crippen molar-refractivity contribution in [3.8, 4) is 84.5 Å². The summed E-state index contributed by atoms with van der Waals surface area (Å²) in [5.74, 6) is 7.91. The van der Waals surface area contributed by atoms with Crippen LogP contribution in [0, 0.1) is 34.6 Å². The van der Waals surface area contributed by atoms with Gasteiger partial charge in [0.15, 0.2) is 28.2 Å². The summed E-state index contributed by atoms with van der Waals surface area (Å²) in [6.07, 6.45) is 21.8. The number of fused-ring (bicyclic) bond motifs is 25. The Morgan fingerprint density at radius 2 is 0.659 bits per heavy atom. The summed E-state index contributed by atoms with van der Waals surface area (Å²) in [6, 6.07) is 43.4. The molecule has 5 atom stereocenters. The van der Waals surface area contributed by atoms with Crippen LogP contribution >= 0.6 is 0 Å². The van der Waals surface area contributed by atoms with E-state index in [0.717, 1.165) is 273 Å². The Labute approximate surface area is 804 Å². The molecule has 5 saturated heterocycles. The van der Waals surface area contributed by atoms with E-state index in [1.807, 2.05) is 127 Å². The van der Waals surface area contributed by atoms with Gasteiger partial charge in [-0.05, 0) is 209 Å². The molecule has 25 rings (SSSR count). The van der Waals surface area contributed by atoms with Gasteiger partial charge in [-0.25, -0.2) is 42.5 Å². The van der Waals surface area contributed by atoms with E-state index >= 15 is 0 Å². The molecule has 20 bridgehead atoms. The van der Waals surface area contributed by atoms with E-state index in [2.05, 4.69) is 227 Å². The predicted molar refractivity (Wildman–Crippen MR) is 538 cm³/mol. The first-order chi connectivity index (χ1) is 67.5. The summed E-state index contributed by atoms with van der Waals surface area (Å²) in [4.78, 5) is 46.0. The van der Waals surface area contributed by atoms with E-state index in [1.54, 1.807) is 0 Å². The van der Waals surface area contributed by atoms with Crippen molar-refractivity contribution in [1.29, 1.82) is 0 Å². The van der Waals surface area contributed by atoms with Gasteiger partial charge in [0.25, 0.3) is 0 Å². The van der Waals surface area contributed by atoms with E-state index in [4.69, 9.17) is 58.1 Å². The second-order valence-corrected chi connectivity index (χ2v) is 38.0. The highest BCUT2D eigenvalue weighted by atomic mass is 16.5. The highest BCUT2D eigenvalue weighted by molar-refractivity contribution is 5.85. The number of benzene rings is 5. The Hall–Kier alpha value is -13.2. The molecule has 15 aromatic rings. The zero-order valence-corrected chi connectivity index (χ0v) is 80.5. The molecule has 34 heteroatoms. The molecule has 34 nitrogen and oxygen atoms in total. The summed E-state index contributed by atoms with van der Waals surface area (Å²) in [7, 11) is 8.60. The fourth-order valence-corrected chi connectivity index (χ4v) is 20.3. The molecule has 0 spiro atoms. The Bertz CT molecular complexity index is 6810. The molecule has 718 valence electrons. The van der Waals surface area contributed by atoms with Crippen LogP contribution < -0.4 is 49.4 Å². The maximum Gasteiger partial charge on any atom is 0.216 e. The van der Waals surface area contributed by atoms with Gasteiger partial charge < -0.3 is 68.7 Å². The molecule has 0 unspecified atom stereocenters. The molecular weight excluding hydrogens is 1740 g/mol. The average Bonchev–Trinajstić information content (AvgIpc) is 1.62. The van der Waals surface area contributed by atoms with Crippen LogP contribution in [0.3, 0.4) is 0 Å². The largest absolute Gasteiger partial charge is 0.492 e. The Morgan fingerprint density at radius 3 is 1.12 bits per heavy atom. The number of hydrogen-bond acceptors (Lipinski definition) is 29. The van der Waals surface area contributed by atoms with E-state index < -0.39 is 0 Å². The second-order valence-electron chi connectivity index (χ2n) is 38.0. The third-order valence-electron chi connectivity index (χ3n) is 28.7. The molecule has 0 amide bonds. The smallest absolute Gasteiger partial charge is 0.216 e. The van der Waals surface area contributed by atoms with Crippen LogP contribution in [0.15, 0.2) is 183 Å². The lowest BCUT2D eigenvalue weighted by atomic mass is 10.0. The van der Waals surface area contributed by atoms with Crippen LogP contribution in [-0.4, -0.2) is 350 Å². The van der Waals surface area contributed by atoms with Crippen molar-refractivity contribution < 1.29 is 33.2 Å². The Morgan fingerprint density at radius 1 is 0.297 bits per heavy atom. The van der Waals surface area contributed by atoms with Crippen molar-refractivity contribution in [2.45, 2.75) is 77.7 Å². The number of nitrogens with one attached hydrogen (secondary N) is 3. The highest BCUT2D eigenvalue weighted by Crippen LogP contribution is 2.39. The van der Waals surface area contributed by atoms with Gasteiger partial charge >= 0.3 is 0 Å². The van der Waals surface area contributed by atoms with Gasteiger partial charge in [0.1, 0.15) is 79.3 Å². The van der Waals surface area contributed by atoms with Crippen molar-refractivity contribution in [3.63, 3.8) is 0 Å².